The summed E-state index contributed by atoms with van der Waals surface area (Å²) < 4.78 is 5.09. The molecule has 0 aromatic heterocycles. The predicted molar refractivity (Wildman–Crippen MR) is 115 cm³/mol. The maximum Gasteiger partial charge on any atom is 0.251 e. The maximum atomic E-state index is 11.8. The number of halogens is 1. The van der Waals surface area contributed by atoms with Crippen LogP contribution in [0, 0.1) is 0 Å². The van der Waals surface area contributed by atoms with Crippen LogP contribution in [0.5, 0.6) is 5.75 Å². The molecule has 0 heterocycles. The first-order valence-corrected chi connectivity index (χ1v) is 7.84. The van der Waals surface area contributed by atoms with Crippen LogP contribution >= 0.6 is 24.0 Å². The van der Waals surface area contributed by atoms with Gasteiger partial charge in [0.1, 0.15) is 5.75 Å². The predicted octanol–water partition coefficient (Wildman–Crippen LogP) is 1.46. The molecule has 0 saturated carbocycles. The second-order valence-electron chi connectivity index (χ2n) is 5.40. The van der Waals surface area contributed by atoms with E-state index in [1.807, 2.05) is 24.3 Å². The van der Waals surface area contributed by atoms with Crippen molar-refractivity contribution in [3.05, 3.63) is 59.7 Å². The fraction of sp³-hybridized carbons (Fsp3) is 0.167. The van der Waals surface area contributed by atoms with Crippen LogP contribution in [0.2, 0.25) is 0 Å². The van der Waals surface area contributed by atoms with Crippen molar-refractivity contribution in [2.75, 3.05) is 19.0 Å². The van der Waals surface area contributed by atoms with Gasteiger partial charge in [0, 0.05) is 11.3 Å². The number of guanidine groups is 1. The number of methoxy groups -OCH3 is 1. The summed E-state index contributed by atoms with van der Waals surface area (Å²) in [6, 6.07) is 14.1. The molecule has 0 radical (unpaired) electrons. The molecule has 2 aromatic carbocycles. The number of hydrogen-bond acceptors (Lipinski definition) is 4. The molecule has 0 aliphatic carbocycles. The lowest BCUT2D eigenvalue weighted by atomic mass is 10.1. The number of nitrogens with two attached hydrogens (primary N) is 2. The molecule has 27 heavy (non-hydrogen) atoms. The number of ether oxygens (including phenoxy) is 1. The number of benzene rings is 2. The zero-order valence-corrected chi connectivity index (χ0v) is 17.1. The molecule has 9 heteroatoms. The van der Waals surface area contributed by atoms with Crippen molar-refractivity contribution in [2.45, 2.75) is 6.54 Å². The highest BCUT2D eigenvalue weighted by molar-refractivity contribution is 14.0. The molecule has 0 unspecified atom stereocenters. The summed E-state index contributed by atoms with van der Waals surface area (Å²) >= 11 is 0. The van der Waals surface area contributed by atoms with Gasteiger partial charge in [-0.2, -0.15) is 0 Å². The van der Waals surface area contributed by atoms with Crippen LogP contribution in [-0.4, -0.2) is 31.4 Å². The SMILES string of the molecule is COc1ccc(NC(N)=NCc2ccc(C(=O)NCC(N)=O)cc2)cc1.I. The van der Waals surface area contributed by atoms with Crippen LogP contribution in [0.25, 0.3) is 0 Å². The van der Waals surface area contributed by atoms with Gasteiger partial charge in [0.25, 0.3) is 5.91 Å². The Labute approximate surface area is 174 Å². The number of amides is 2. The van der Waals surface area contributed by atoms with Crippen molar-refractivity contribution in [1.29, 1.82) is 0 Å². The van der Waals surface area contributed by atoms with Crippen LogP contribution in [0.3, 0.4) is 0 Å². The van der Waals surface area contributed by atoms with Gasteiger partial charge in [-0.3, -0.25) is 9.59 Å². The number of rotatable bonds is 7. The van der Waals surface area contributed by atoms with Gasteiger partial charge in [-0.25, -0.2) is 4.99 Å². The monoisotopic (exact) mass is 483 g/mol. The van der Waals surface area contributed by atoms with Crippen molar-refractivity contribution in [2.24, 2.45) is 16.5 Å². The molecule has 2 rings (SSSR count). The lowest BCUT2D eigenvalue weighted by Gasteiger charge is -2.07. The van der Waals surface area contributed by atoms with Crippen LogP contribution < -0.4 is 26.8 Å². The van der Waals surface area contributed by atoms with Gasteiger partial charge < -0.3 is 26.8 Å². The molecule has 0 atom stereocenters. The van der Waals surface area contributed by atoms with Crippen LogP contribution in [-0.2, 0) is 11.3 Å². The molecule has 0 aliphatic heterocycles. The number of carbonyl (C=O) groups is 2. The van der Waals surface area contributed by atoms with Gasteiger partial charge in [0.05, 0.1) is 20.2 Å². The zero-order valence-electron chi connectivity index (χ0n) is 14.8. The summed E-state index contributed by atoms with van der Waals surface area (Å²) in [4.78, 5) is 26.7. The Bertz CT molecular complexity index is 792. The van der Waals surface area contributed by atoms with E-state index in [0.29, 0.717) is 12.1 Å². The highest BCUT2D eigenvalue weighted by Gasteiger charge is 2.06. The number of anilines is 1. The van der Waals surface area contributed by atoms with E-state index < -0.39 is 5.91 Å². The third kappa shape index (κ3) is 7.52. The van der Waals surface area contributed by atoms with Gasteiger partial charge in [-0.05, 0) is 42.0 Å². The highest BCUT2D eigenvalue weighted by Crippen LogP contribution is 2.14. The molecular weight excluding hydrogens is 461 g/mol. The van der Waals surface area contributed by atoms with Crippen LogP contribution in [0.4, 0.5) is 5.69 Å². The average molecular weight is 483 g/mol. The minimum atomic E-state index is -0.593. The molecule has 2 amide bonds. The van der Waals surface area contributed by atoms with Crippen molar-refractivity contribution < 1.29 is 14.3 Å². The van der Waals surface area contributed by atoms with E-state index in [2.05, 4.69) is 15.6 Å². The second-order valence-corrected chi connectivity index (χ2v) is 5.40. The summed E-state index contributed by atoms with van der Waals surface area (Å²) in [6.07, 6.45) is 0. The number of hydrogen-bond donors (Lipinski definition) is 4. The van der Waals surface area contributed by atoms with Gasteiger partial charge in [-0.15, -0.1) is 24.0 Å². The normalized spacial score (nSPS) is 10.5. The van der Waals surface area contributed by atoms with Crippen molar-refractivity contribution in [3.63, 3.8) is 0 Å². The van der Waals surface area contributed by atoms with Crippen molar-refractivity contribution in [3.8, 4) is 5.75 Å². The van der Waals surface area contributed by atoms with Gasteiger partial charge >= 0.3 is 0 Å². The van der Waals surface area contributed by atoms with E-state index in [1.54, 1.807) is 31.4 Å². The number of aliphatic imine (C=N–C) groups is 1. The molecule has 0 spiro atoms. The third-order valence-corrected chi connectivity index (χ3v) is 3.43. The molecule has 0 saturated heterocycles. The fourth-order valence-electron chi connectivity index (χ4n) is 2.07. The smallest absolute Gasteiger partial charge is 0.251 e. The summed E-state index contributed by atoms with van der Waals surface area (Å²) in [7, 11) is 1.60. The quantitative estimate of drug-likeness (QED) is 0.269. The molecule has 8 nitrogen and oxygen atoms in total. The largest absolute Gasteiger partial charge is 0.497 e. The minimum absolute atomic E-state index is 0. The second kappa shape index (κ2) is 11.0. The van der Waals surface area contributed by atoms with E-state index in [0.717, 1.165) is 17.0 Å². The fourth-order valence-corrected chi connectivity index (χ4v) is 2.07. The average Bonchev–Trinajstić information content (AvgIpc) is 2.65. The number of nitrogens with zero attached hydrogens (tertiary/aromatic N) is 1. The molecule has 0 fully saturated rings. The van der Waals surface area contributed by atoms with Crippen LogP contribution in [0.1, 0.15) is 15.9 Å². The van der Waals surface area contributed by atoms with E-state index in [1.165, 1.54) is 0 Å². The highest BCUT2D eigenvalue weighted by atomic mass is 127. The zero-order chi connectivity index (χ0) is 18.9. The Balaban J connectivity index is 0.00000364. The van der Waals surface area contributed by atoms with Gasteiger partial charge in [0.2, 0.25) is 5.91 Å². The Morgan fingerprint density at radius 3 is 2.22 bits per heavy atom. The lowest BCUT2D eigenvalue weighted by molar-refractivity contribution is -0.117. The molecule has 144 valence electrons. The molecule has 0 bridgehead atoms. The van der Waals surface area contributed by atoms with E-state index in [9.17, 15) is 9.59 Å². The molecule has 0 aliphatic rings. The van der Waals surface area contributed by atoms with Crippen LogP contribution in [0.15, 0.2) is 53.5 Å². The minimum Gasteiger partial charge on any atom is -0.497 e. The summed E-state index contributed by atoms with van der Waals surface area (Å²) in [5, 5.41) is 5.41. The summed E-state index contributed by atoms with van der Waals surface area (Å²) in [5.74, 6) is 0.0770. The van der Waals surface area contributed by atoms with E-state index in [4.69, 9.17) is 16.2 Å². The first-order chi connectivity index (χ1) is 12.5. The Hall–Kier alpha value is -2.82. The number of nitrogens with one attached hydrogen (secondary N) is 2. The first kappa shape index (κ1) is 22.2. The number of carbonyl (C=O) groups excluding carboxylic acids is 2. The topological polar surface area (TPSA) is 132 Å². The van der Waals surface area contributed by atoms with Gasteiger partial charge in [-0.1, -0.05) is 12.1 Å². The van der Waals surface area contributed by atoms with E-state index >= 15 is 0 Å². The summed E-state index contributed by atoms with van der Waals surface area (Å²) in [5.41, 5.74) is 13.0. The first-order valence-electron chi connectivity index (χ1n) is 7.84. The van der Waals surface area contributed by atoms with Crippen molar-refractivity contribution in [1.82, 2.24) is 5.32 Å². The molecule has 2 aromatic rings. The Kier molecular flexibility index (Phi) is 9.06. The summed E-state index contributed by atoms with van der Waals surface area (Å²) in [6.45, 7) is 0.163. The Morgan fingerprint density at radius 2 is 1.67 bits per heavy atom. The van der Waals surface area contributed by atoms with Gasteiger partial charge in [0.15, 0.2) is 5.96 Å². The van der Waals surface area contributed by atoms with Crippen molar-refractivity contribution >= 4 is 47.4 Å². The molecular formula is C18H22IN5O3. The Morgan fingerprint density at radius 1 is 1.04 bits per heavy atom. The lowest BCUT2D eigenvalue weighted by Crippen LogP contribution is -2.33. The number of primary amides is 1. The van der Waals surface area contributed by atoms with E-state index in [-0.39, 0.29) is 42.4 Å². The standard InChI is InChI=1S/C18H21N5O3.HI/c1-26-15-8-6-14(7-9-15)23-18(20)22-10-12-2-4-13(5-3-12)17(25)21-11-16(19)24;/h2-9H,10-11H2,1H3,(H2,19,24)(H,21,25)(H3,20,22,23);1H. The third-order valence-electron chi connectivity index (χ3n) is 3.43. The maximum absolute atomic E-state index is 11.8. The molecule has 6 N–H and O–H groups in total.